The number of methoxy groups -OCH3 is 1. The van der Waals surface area contributed by atoms with Crippen LogP contribution in [0, 0.1) is 6.92 Å². The van der Waals surface area contributed by atoms with Crippen LogP contribution in [0.5, 0.6) is 5.75 Å². The standard InChI is InChI=1S/C13H17N3O3/c1-9-6-7-12(19-2)10(8-9)11(15-16-14)4-3-5-13(17)18/h6-8,11H,3-5H2,1-2H3,(H,17,18). The summed E-state index contributed by atoms with van der Waals surface area (Å²) in [5.41, 5.74) is 10.5. The molecule has 1 atom stereocenters. The molecule has 0 aliphatic carbocycles. The summed E-state index contributed by atoms with van der Waals surface area (Å²) in [5.74, 6) is -0.200. The van der Waals surface area contributed by atoms with Gasteiger partial charge in [0.2, 0.25) is 0 Å². The second-order valence-electron chi connectivity index (χ2n) is 4.25. The summed E-state index contributed by atoms with van der Waals surface area (Å²) >= 11 is 0. The summed E-state index contributed by atoms with van der Waals surface area (Å²) in [4.78, 5) is 13.4. The van der Waals surface area contributed by atoms with Gasteiger partial charge in [0.05, 0.1) is 13.2 Å². The number of hydrogen-bond donors (Lipinski definition) is 1. The van der Waals surface area contributed by atoms with E-state index in [-0.39, 0.29) is 6.42 Å². The Labute approximate surface area is 111 Å². The Balaban J connectivity index is 2.94. The Kier molecular flexibility index (Phi) is 5.70. The number of carbonyl (C=O) groups is 1. The zero-order valence-corrected chi connectivity index (χ0v) is 11.0. The van der Waals surface area contributed by atoms with Gasteiger partial charge in [0.1, 0.15) is 5.75 Å². The highest BCUT2D eigenvalue weighted by Crippen LogP contribution is 2.32. The van der Waals surface area contributed by atoms with Gasteiger partial charge in [0.15, 0.2) is 0 Å². The van der Waals surface area contributed by atoms with Crippen molar-refractivity contribution in [3.8, 4) is 5.75 Å². The molecule has 6 heteroatoms. The molecule has 1 aromatic carbocycles. The van der Waals surface area contributed by atoms with Crippen molar-refractivity contribution in [1.29, 1.82) is 0 Å². The van der Waals surface area contributed by atoms with E-state index in [1.54, 1.807) is 7.11 Å². The number of hydrogen-bond acceptors (Lipinski definition) is 3. The highest BCUT2D eigenvalue weighted by molar-refractivity contribution is 5.66. The first-order chi connectivity index (χ1) is 9.08. The van der Waals surface area contributed by atoms with Crippen LogP contribution < -0.4 is 4.74 Å². The van der Waals surface area contributed by atoms with Crippen molar-refractivity contribution in [2.75, 3.05) is 7.11 Å². The summed E-state index contributed by atoms with van der Waals surface area (Å²) in [7, 11) is 1.55. The number of azide groups is 1. The van der Waals surface area contributed by atoms with Crippen LogP contribution in [0.15, 0.2) is 23.3 Å². The molecule has 0 spiro atoms. The van der Waals surface area contributed by atoms with Gasteiger partial charge in [0, 0.05) is 16.9 Å². The fourth-order valence-corrected chi connectivity index (χ4v) is 1.90. The first-order valence-corrected chi connectivity index (χ1v) is 5.99. The van der Waals surface area contributed by atoms with Crippen molar-refractivity contribution in [1.82, 2.24) is 0 Å². The van der Waals surface area contributed by atoms with Crippen LogP contribution in [0.3, 0.4) is 0 Å². The quantitative estimate of drug-likeness (QED) is 0.462. The first-order valence-electron chi connectivity index (χ1n) is 5.99. The number of ether oxygens (including phenoxy) is 1. The molecule has 0 saturated carbocycles. The van der Waals surface area contributed by atoms with Crippen LogP contribution in [-0.4, -0.2) is 18.2 Å². The number of carboxylic acids is 1. The molecule has 0 heterocycles. The molecule has 0 radical (unpaired) electrons. The Morgan fingerprint density at radius 1 is 1.58 bits per heavy atom. The summed E-state index contributed by atoms with van der Waals surface area (Å²) < 4.78 is 5.26. The van der Waals surface area contributed by atoms with Crippen LogP contribution in [0.25, 0.3) is 10.4 Å². The van der Waals surface area contributed by atoms with Crippen molar-refractivity contribution in [2.24, 2.45) is 5.11 Å². The van der Waals surface area contributed by atoms with Gasteiger partial charge in [-0.2, -0.15) is 0 Å². The molecule has 0 saturated heterocycles. The average Bonchev–Trinajstić information content (AvgIpc) is 2.37. The SMILES string of the molecule is COc1ccc(C)cc1C(CCCC(=O)O)N=[N+]=[N-]. The number of carboxylic acid groups (broad SMARTS) is 1. The highest BCUT2D eigenvalue weighted by atomic mass is 16.5. The van der Waals surface area contributed by atoms with Crippen molar-refractivity contribution >= 4 is 5.97 Å². The normalized spacial score (nSPS) is 11.5. The van der Waals surface area contributed by atoms with Crippen LogP contribution in [0.4, 0.5) is 0 Å². The van der Waals surface area contributed by atoms with Crippen molar-refractivity contribution in [2.45, 2.75) is 32.2 Å². The molecule has 0 fully saturated rings. The molecule has 1 rings (SSSR count). The van der Waals surface area contributed by atoms with Gasteiger partial charge in [-0.15, -0.1) is 0 Å². The maximum atomic E-state index is 10.5. The Bertz CT molecular complexity index is 496. The number of nitrogens with zero attached hydrogens (tertiary/aromatic N) is 3. The van der Waals surface area contributed by atoms with Gasteiger partial charge in [0.25, 0.3) is 0 Å². The van der Waals surface area contributed by atoms with Gasteiger partial charge in [-0.25, -0.2) is 0 Å². The molecule has 0 bridgehead atoms. The zero-order valence-electron chi connectivity index (χ0n) is 11.0. The molecule has 0 aliphatic rings. The van der Waals surface area contributed by atoms with Crippen LogP contribution >= 0.6 is 0 Å². The van der Waals surface area contributed by atoms with E-state index in [4.69, 9.17) is 15.4 Å². The third kappa shape index (κ3) is 4.52. The van der Waals surface area contributed by atoms with E-state index in [1.165, 1.54) is 0 Å². The fraction of sp³-hybridized carbons (Fsp3) is 0.462. The summed E-state index contributed by atoms with van der Waals surface area (Å²) in [5, 5.41) is 12.4. The molecule has 1 unspecified atom stereocenters. The maximum Gasteiger partial charge on any atom is 0.303 e. The van der Waals surface area contributed by atoms with Gasteiger partial charge < -0.3 is 9.84 Å². The monoisotopic (exact) mass is 263 g/mol. The van der Waals surface area contributed by atoms with Gasteiger partial charge in [-0.05, 0) is 31.4 Å². The third-order valence-corrected chi connectivity index (χ3v) is 2.80. The lowest BCUT2D eigenvalue weighted by Gasteiger charge is -2.15. The fourth-order valence-electron chi connectivity index (χ4n) is 1.90. The molecular formula is C13H17N3O3. The molecular weight excluding hydrogens is 246 g/mol. The minimum Gasteiger partial charge on any atom is -0.496 e. The first kappa shape index (κ1) is 14.9. The summed E-state index contributed by atoms with van der Waals surface area (Å²) in [6, 6.07) is 5.23. The Morgan fingerprint density at radius 2 is 2.32 bits per heavy atom. The third-order valence-electron chi connectivity index (χ3n) is 2.80. The Hall–Kier alpha value is -2.20. The van der Waals surface area contributed by atoms with Crippen LogP contribution in [-0.2, 0) is 4.79 Å². The second kappa shape index (κ2) is 7.28. The van der Waals surface area contributed by atoms with E-state index >= 15 is 0 Å². The molecule has 19 heavy (non-hydrogen) atoms. The lowest BCUT2D eigenvalue weighted by Crippen LogP contribution is -2.01. The lowest BCUT2D eigenvalue weighted by molar-refractivity contribution is -0.137. The zero-order chi connectivity index (χ0) is 14.3. The number of benzene rings is 1. The largest absolute Gasteiger partial charge is 0.496 e. The molecule has 1 aromatic rings. The summed E-state index contributed by atoms with van der Waals surface area (Å²) in [6.45, 7) is 1.94. The predicted octanol–water partition coefficient (Wildman–Crippen LogP) is 3.61. The highest BCUT2D eigenvalue weighted by Gasteiger charge is 2.15. The molecule has 0 aromatic heterocycles. The van der Waals surface area contributed by atoms with Crippen LogP contribution in [0.2, 0.25) is 0 Å². The van der Waals surface area contributed by atoms with Crippen molar-refractivity contribution in [3.63, 3.8) is 0 Å². The van der Waals surface area contributed by atoms with Crippen molar-refractivity contribution in [3.05, 3.63) is 39.8 Å². The van der Waals surface area contributed by atoms with E-state index in [0.717, 1.165) is 11.1 Å². The summed E-state index contributed by atoms with van der Waals surface area (Å²) in [6.07, 6.45) is 0.998. The average molecular weight is 263 g/mol. The van der Waals surface area contributed by atoms with E-state index in [1.807, 2.05) is 25.1 Å². The van der Waals surface area contributed by atoms with E-state index in [2.05, 4.69) is 10.0 Å². The molecule has 0 amide bonds. The topological polar surface area (TPSA) is 95.3 Å². The van der Waals surface area contributed by atoms with Crippen LogP contribution in [0.1, 0.15) is 36.4 Å². The number of rotatable bonds is 7. The van der Waals surface area contributed by atoms with Crippen molar-refractivity contribution < 1.29 is 14.6 Å². The van der Waals surface area contributed by atoms with Gasteiger partial charge in [-0.1, -0.05) is 22.8 Å². The minimum absolute atomic E-state index is 0.0611. The lowest BCUT2D eigenvalue weighted by atomic mass is 9.99. The minimum atomic E-state index is -0.851. The molecule has 102 valence electrons. The molecule has 0 aliphatic heterocycles. The van der Waals surface area contributed by atoms with Gasteiger partial charge in [-0.3, -0.25) is 4.79 Å². The smallest absolute Gasteiger partial charge is 0.303 e. The number of aryl methyl sites for hydroxylation is 1. The van der Waals surface area contributed by atoms with E-state index in [0.29, 0.717) is 18.6 Å². The Morgan fingerprint density at radius 3 is 2.89 bits per heavy atom. The predicted molar refractivity (Wildman–Crippen MR) is 71.1 cm³/mol. The molecule has 6 nitrogen and oxygen atoms in total. The molecule has 1 N–H and O–H groups in total. The second-order valence-corrected chi connectivity index (χ2v) is 4.25. The van der Waals surface area contributed by atoms with E-state index < -0.39 is 12.0 Å². The van der Waals surface area contributed by atoms with Gasteiger partial charge >= 0.3 is 5.97 Å². The maximum absolute atomic E-state index is 10.5. The van der Waals surface area contributed by atoms with E-state index in [9.17, 15) is 4.79 Å². The number of aliphatic carboxylic acids is 1.